The highest BCUT2D eigenvalue weighted by atomic mass is 35.5. The van der Waals surface area contributed by atoms with E-state index in [4.69, 9.17) is 16.3 Å². The van der Waals surface area contributed by atoms with Crippen LogP contribution in [0.15, 0.2) is 24.3 Å². The maximum Gasteiger partial charge on any atom is 0.414 e. The van der Waals surface area contributed by atoms with Crippen molar-refractivity contribution in [1.82, 2.24) is 19.3 Å². The van der Waals surface area contributed by atoms with Crippen LogP contribution in [0.25, 0.3) is 11.2 Å². The van der Waals surface area contributed by atoms with Crippen LogP contribution in [0, 0.1) is 13.8 Å². The number of ether oxygens (including phenoxy) is 1. The number of nitrogens with one attached hydrogen (secondary N) is 1. The minimum atomic E-state index is -3.77. The molecular formula is C28H38ClN5O5S. The van der Waals surface area contributed by atoms with Gasteiger partial charge in [0.2, 0.25) is 10.0 Å². The van der Waals surface area contributed by atoms with Crippen molar-refractivity contribution in [3.63, 3.8) is 0 Å². The fourth-order valence-electron chi connectivity index (χ4n) is 4.18. The molecule has 2 heterocycles. The molecule has 0 aliphatic carbocycles. The Morgan fingerprint density at radius 1 is 1.10 bits per heavy atom. The number of aromatic nitrogens is 3. The fraction of sp³-hybridized carbons (Fsp3) is 0.500. The van der Waals surface area contributed by atoms with E-state index in [2.05, 4.69) is 14.7 Å². The van der Waals surface area contributed by atoms with Crippen LogP contribution in [0.1, 0.15) is 81.3 Å². The van der Waals surface area contributed by atoms with Gasteiger partial charge in [-0.15, -0.1) is 0 Å². The highest BCUT2D eigenvalue weighted by Crippen LogP contribution is 2.28. The van der Waals surface area contributed by atoms with Gasteiger partial charge in [0, 0.05) is 17.3 Å². The summed E-state index contributed by atoms with van der Waals surface area (Å²) in [6, 6.07) is 6.86. The van der Waals surface area contributed by atoms with E-state index in [-0.39, 0.29) is 11.4 Å². The number of hydrogen-bond acceptors (Lipinski definition) is 7. The fourth-order valence-corrected chi connectivity index (χ4v) is 5.49. The van der Waals surface area contributed by atoms with E-state index in [0.717, 1.165) is 18.4 Å². The van der Waals surface area contributed by atoms with Crippen molar-refractivity contribution < 1.29 is 22.7 Å². The molecule has 1 aromatic carbocycles. The summed E-state index contributed by atoms with van der Waals surface area (Å²) in [6.45, 7) is 13.6. The molecule has 2 aromatic heterocycles. The molecule has 12 heteroatoms. The number of carbonyl (C=O) groups excluding carboxylic acids is 2. The van der Waals surface area contributed by atoms with Crippen LogP contribution in [0.3, 0.4) is 0 Å². The molecule has 0 radical (unpaired) electrons. The average molecular weight is 592 g/mol. The SMILES string of the molecule is CCCCCS(=O)(=O)NC(=O)c1cc(C)c2nc(C)n(Cc3ccc(N(CC)C(=O)OC(C)(C)C)cc3Cl)c2n1. The molecule has 218 valence electrons. The van der Waals surface area contributed by atoms with Crippen LogP contribution in [0.2, 0.25) is 5.02 Å². The summed E-state index contributed by atoms with van der Waals surface area (Å²) >= 11 is 6.66. The second-order valence-electron chi connectivity index (χ2n) is 10.7. The van der Waals surface area contributed by atoms with Crippen molar-refractivity contribution in [2.45, 2.75) is 79.9 Å². The van der Waals surface area contributed by atoms with Crippen LogP contribution in [0.5, 0.6) is 0 Å². The number of amides is 2. The van der Waals surface area contributed by atoms with Crippen LogP contribution >= 0.6 is 11.6 Å². The Kier molecular flexibility index (Phi) is 9.84. The molecule has 10 nitrogen and oxygen atoms in total. The summed E-state index contributed by atoms with van der Waals surface area (Å²) in [5.41, 5.74) is 2.45. The molecular weight excluding hydrogens is 554 g/mol. The minimum Gasteiger partial charge on any atom is -0.443 e. The number of rotatable bonds is 10. The predicted octanol–water partition coefficient (Wildman–Crippen LogP) is 5.76. The number of sulfonamides is 1. The van der Waals surface area contributed by atoms with Gasteiger partial charge < -0.3 is 9.30 Å². The smallest absolute Gasteiger partial charge is 0.414 e. The van der Waals surface area contributed by atoms with E-state index < -0.39 is 27.6 Å². The number of fused-ring (bicyclic) bond motifs is 1. The first kappa shape index (κ1) is 31.3. The third kappa shape index (κ3) is 7.72. The van der Waals surface area contributed by atoms with E-state index >= 15 is 0 Å². The average Bonchev–Trinajstić information content (AvgIpc) is 3.15. The number of carbonyl (C=O) groups is 2. The normalized spacial score (nSPS) is 12.0. The Morgan fingerprint density at radius 3 is 2.40 bits per heavy atom. The highest BCUT2D eigenvalue weighted by Gasteiger charge is 2.24. The standard InChI is InChI=1S/C28H38ClN5O5S/c1-8-10-11-14-40(37,38)32-26(35)23-15-18(3)24-25(31-23)34(19(4)30-24)17-20-12-13-21(16-22(20)29)33(9-2)27(36)39-28(5,6)7/h12-13,15-16H,8-11,14,17H2,1-7H3,(H,32,35). The number of aryl methyl sites for hydroxylation is 2. The Hall–Kier alpha value is -3.18. The topological polar surface area (TPSA) is 123 Å². The molecule has 0 atom stereocenters. The van der Waals surface area contributed by atoms with E-state index in [1.165, 1.54) is 11.0 Å². The molecule has 0 fully saturated rings. The largest absolute Gasteiger partial charge is 0.443 e. The summed E-state index contributed by atoms with van der Waals surface area (Å²) in [5.74, 6) is -0.251. The zero-order chi connectivity index (χ0) is 29.8. The maximum atomic E-state index is 12.8. The molecule has 40 heavy (non-hydrogen) atoms. The Balaban J connectivity index is 1.90. The van der Waals surface area contributed by atoms with Crippen molar-refractivity contribution in [3.8, 4) is 0 Å². The summed E-state index contributed by atoms with van der Waals surface area (Å²) in [6.07, 6.45) is 1.65. The van der Waals surface area contributed by atoms with E-state index in [1.54, 1.807) is 19.1 Å². The molecule has 2 amide bonds. The van der Waals surface area contributed by atoms with E-state index in [9.17, 15) is 18.0 Å². The second kappa shape index (κ2) is 12.6. The van der Waals surface area contributed by atoms with E-state index in [1.807, 2.05) is 52.2 Å². The lowest BCUT2D eigenvalue weighted by atomic mass is 10.1. The Bertz CT molecular complexity index is 1510. The van der Waals surface area contributed by atoms with E-state index in [0.29, 0.717) is 52.8 Å². The number of anilines is 1. The number of benzene rings is 1. The molecule has 0 spiro atoms. The van der Waals surface area contributed by atoms with Crippen LogP contribution in [0.4, 0.5) is 10.5 Å². The third-order valence-electron chi connectivity index (χ3n) is 6.19. The van der Waals surface area contributed by atoms with Gasteiger partial charge in [-0.1, -0.05) is 37.4 Å². The first-order valence-corrected chi connectivity index (χ1v) is 15.4. The van der Waals surface area contributed by atoms with Crippen molar-refractivity contribution in [3.05, 3.63) is 51.9 Å². The first-order valence-electron chi connectivity index (χ1n) is 13.3. The molecule has 0 saturated heterocycles. The van der Waals surface area contributed by atoms with Crippen molar-refractivity contribution in [2.24, 2.45) is 0 Å². The number of unbranched alkanes of at least 4 members (excludes halogenated alkanes) is 2. The van der Waals surface area contributed by atoms with Crippen molar-refractivity contribution in [1.29, 1.82) is 0 Å². The van der Waals surface area contributed by atoms with Crippen molar-refractivity contribution >= 4 is 50.5 Å². The van der Waals surface area contributed by atoms with Gasteiger partial charge in [-0.2, -0.15) is 0 Å². The van der Waals surface area contributed by atoms with Crippen LogP contribution in [-0.4, -0.2) is 52.9 Å². The van der Waals surface area contributed by atoms with Gasteiger partial charge in [0.1, 0.15) is 22.6 Å². The zero-order valence-corrected chi connectivity index (χ0v) is 25.7. The third-order valence-corrected chi connectivity index (χ3v) is 7.86. The zero-order valence-electron chi connectivity index (χ0n) is 24.2. The van der Waals surface area contributed by atoms with Crippen molar-refractivity contribution in [2.75, 3.05) is 17.2 Å². The summed E-state index contributed by atoms with van der Waals surface area (Å²) in [4.78, 5) is 36.1. The number of pyridine rings is 1. The lowest BCUT2D eigenvalue weighted by Gasteiger charge is -2.27. The molecule has 0 unspecified atom stereocenters. The molecule has 0 saturated carbocycles. The van der Waals surface area contributed by atoms with Gasteiger partial charge in [0.25, 0.3) is 5.91 Å². The molecule has 3 aromatic rings. The first-order chi connectivity index (χ1) is 18.7. The lowest BCUT2D eigenvalue weighted by molar-refractivity contribution is 0.0582. The lowest BCUT2D eigenvalue weighted by Crippen LogP contribution is -2.36. The number of imidazole rings is 1. The highest BCUT2D eigenvalue weighted by molar-refractivity contribution is 7.90. The second-order valence-corrected chi connectivity index (χ2v) is 12.9. The Morgan fingerprint density at radius 2 is 1.80 bits per heavy atom. The quantitative estimate of drug-likeness (QED) is 0.297. The van der Waals surface area contributed by atoms with Gasteiger partial charge in [0.05, 0.1) is 12.3 Å². The van der Waals surface area contributed by atoms with Gasteiger partial charge in [-0.05, 0) is 77.3 Å². The summed E-state index contributed by atoms with van der Waals surface area (Å²) < 4.78 is 34.2. The van der Waals surface area contributed by atoms with Gasteiger partial charge >= 0.3 is 6.09 Å². The number of halogens is 1. The van der Waals surface area contributed by atoms with Gasteiger partial charge in [0.15, 0.2) is 5.65 Å². The maximum absolute atomic E-state index is 12.8. The molecule has 0 bridgehead atoms. The molecule has 0 aliphatic rings. The van der Waals surface area contributed by atoms with Crippen LogP contribution < -0.4 is 9.62 Å². The number of hydrogen-bond donors (Lipinski definition) is 1. The summed E-state index contributed by atoms with van der Waals surface area (Å²) in [5, 5.41) is 0.435. The van der Waals surface area contributed by atoms with Gasteiger partial charge in [-0.3, -0.25) is 9.69 Å². The Labute approximate surface area is 241 Å². The minimum absolute atomic E-state index is 0.0115. The summed E-state index contributed by atoms with van der Waals surface area (Å²) in [7, 11) is -3.77. The molecule has 1 N–H and O–H groups in total. The predicted molar refractivity (Wildman–Crippen MR) is 158 cm³/mol. The number of nitrogens with zero attached hydrogens (tertiary/aromatic N) is 4. The molecule has 0 aliphatic heterocycles. The van der Waals surface area contributed by atoms with Gasteiger partial charge in [-0.25, -0.2) is 27.9 Å². The van der Waals surface area contributed by atoms with Crippen LogP contribution in [-0.2, 0) is 21.3 Å². The monoisotopic (exact) mass is 591 g/mol. The molecule has 3 rings (SSSR count).